The summed E-state index contributed by atoms with van der Waals surface area (Å²) in [5, 5.41) is 17.7. The first-order valence-electron chi connectivity index (χ1n) is 3.78. The molecule has 0 atom stereocenters. The van der Waals surface area contributed by atoms with E-state index in [0.717, 1.165) is 5.69 Å². The van der Waals surface area contributed by atoms with E-state index < -0.39 is 0 Å². The number of thiophene rings is 1. The standard InChI is InChI=1S/C7H9N5S/c1-8-6-10-7(12-11-6)9-5-2-3-13-4-5/h2-4H,1H3,(H3,8,9,10,11,12). The summed E-state index contributed by atoms with van der Waals surface area (Å²) in [6.45, 7) is 0. The van der Waals surface area contributed by atoms with Crippen LogP contribution in [0.25, 0.3) is 0 Å². The summed E-state index contributed by atoms with van der Waals surface area (Å²) in [5.41, 5.74) is 1.02. The summed E-state index contributed by atoms with van der Waals surface area (Å²) in [6.07, 6.45) is 0. The molecule has 2 heterocycles. The zero-order chi connectivity index (χ0) is 9.10. The molecule has 0 spiro atoms. The monoisotopic (exact) mass is 195 g/mol. The van der Waals surface area contributed by atoms with Crippen LogP contribution in [0, 0.1) is 0 Å². The van der Waals surface area contributed by atoms with E-state index in [1.807, 2.05) is 16.8 Å². The number of aromatic nitrogens is 3. The van der Waals surface area contributed by atoms with Crippen LogP contribution >= 0.6 is 11.3 Å². The van der Waals surface area contributed by atoms with E-state index in [1.165, 1.54) is 0 Å². The maximum Gasteiger partial charge on any atom is 0.227 e. The van der Waals surface area contributed by atoms with Crippen molar-refractivity contribution in [3.8, 4) is 0 Å². The molecule has 3 N–H and O–H groups in total. The largest absolute Gasteiger partial charge is 0.358 e. The zero-order valence-corrected chi connectivity index (χ0v) is 7.85. The minimum atomic E-state index is 0.641. The van der Waals surface area contributed by atoms with Crippen molar-refractivity contribution >= 4 is 28.9 Å². The molecule has 6 heteroatoms. The first-order chi connectivity index (χ1) is 6.38. The molecule has 0 saturated carbocycles. The summed E-state index contributed by atoms with van der Waals surface area (Å²) >= 11 is 1.63. The predicted octanol–water partition coefficient (Wildman–Crippen LogP) is 1.65. The molecule has 0 radical (unpaired) electrons. The van der Waals surface area contributed by atoms with Crippen LogP contribution in [-0.2, 0) is 0 Å². The molecule has 0 fully saturated rings. The Morgan fingerprint density at radius 2 is 2.23 bits per heavy atom. The molecule has 68 valence electrons. The lowest BCUT2D eigenvalue weighted by Crippen LogP contribution is -1.91. The van der Waals surface area contributed by atoms with Crippen molar-refractivity contribution < 1.29 is 0 Å². The van der Waals surface area contributed by atoms with E-state index in [0.29, 0.717) is 11.9 Å². The van der Waals surface area contributed by atoms with Gasteiger partial charge in [-0.3, -0.25) is 4.98 Å². The van der Waals surface area contributed by atoms with Gasteiger partial charge in [-0.05, 0) is 11.4 Å². The quantitative estimate of drug-likeness (QED) is 0.696. The Labute approximate surface area is 79.2 Å². The fraction of sp³-hybridized carbons (Fsp3) is 0.143. The Morgan fingerprint density at radius 1 is 1.38 bits per heavy atom. The van der Waals surface area contributed by atoms with E-state index in [2.05, 4.69) is 25.8 Å². The summed E-state index contributed by atoms with van der Waals surface area (Å²) in [4.78, 5) is 2.96. The van der Waals surface area contributed by atoms with Gasteiger partial charge in [-0.1, -0.05) is 0 Å². The van der Waals surface area contributed by atoms with E-state index in [9.17, 15) is 0 Å². The van der Waals surface area contributed by atoms with Crippen molar-refractivity contribution in [2.24, 2.45) is 0 Å². The summed E-state index contributed by atoms with van der Waals surface area (Å²) in [5.74, 6) is 1.29. The van der Waals surface area contributed by atoms with Crippen molar-refractivity contribution in [1.82, 2.24) is 15.2 Å². The minimum absolute atomic E-state index is 0.641. The molecular formula is C7H9N5S. The minimum Gasteiger partial charge on any atom is -0.358 e. The number of anilines is 3. The normalized spacial score (nSPS) is 9.92. The summed E-state index contributed by atoms with van der Waals surface area (Å²) < 4.78 is 0. The van der Waals surface area contributed by atoms with Crippen LogP contribution in [-0.4, -0.2) is 22.2 Å². The maximum atomic E-state index is 3.89. The molecule has 0 saturated heterocycles. The Balaban J connectivity index is 2.10. The fourth-order valence-electron chi connectivity index (χ4n) is 0.903. The molecular weight excluding hydrogens is 186 g/mol. The highest BCUT2D eigenvalue weighted by Gasteiger charge is 2.00. The van der Waals surface area contributed by atoms with E-state index in [4.69, 9.17) is 0 Å². The Bertz CT molecular complexity index is 366. The number of hydrogen-bond acceptors (Lipinski definition) is 5. The second-order valence-electron chi connectivity index (χ2n) is 2.41. The molecule has 0 unspecified atom stereocenters. The highest BCUT2D eigenvalue weighted by Crippen LogP contribution is 2.16. The summed E-state index contributed by atoms with van der Waals surface area (Å²) in [7, 11) is 1.79. The van der Waals surface area contributed by atoms with Gasteiger partial charge in [-0.15, -0.1) is 10.2 Å². The molecule has 0 aliphatic rings. The number of aromatic amines is 1. The van der Waals surface area contributed by atoms with Crippen molar-refractivity contribution in [2.45, 2.75) is 0 Å². The summed E-state index contributed by atoms with van der Waals surface area (Å²) in [6, 6.07) is 1.98. The Hall–Kier alpha value is -1.56. The Morgan fingerprint density at radius 3 is 2.85 bits per heavy atom. The zero-order valence-electron chi connectivity index (χ0n) is 7.03. The topological polar surface area (TPSA) is 65.6 Å². The van der Waals surface area contributed by atoms with Gasteiger partial charge in [0.2, 0.25) is 11.9 Å². The van der Waals surface area contributed by atoms with Crippen molar-refractivity contribution in [3.63, 3.8) is 0 Å². The smallest absolute Gasteiger partial charge is 0.227 e. The molecule has 0 aliphatic heterocycles. The van der Waals surface area contributed by atoms with Crippen LogP contribution in [0.5, 0.6) is 0 Å². The van der Waals surface area contributed by atoms with Crippen molar-refractivity contribution in [1.29, 1.82) is 0 Å². The number of rotatable bonds is 3. The fourth-order valence-corrected chi connectivity index (χ4v) is 1.49. The lowest BCUT2D eigenvalue weighted by molar-refractivity contribution is 1.09. The first-order valence-corrected chi connectivity index (χ1v) is 4.72. The first kappa shape index (κ1) is 8.06. The van der Waals surface area contributed by atoms with Gasteiger partial charge in [-0.25, -0.2) is 0 Å². The van der Waals surface area contributed by atoms with Crippen LogP contribution in [0.3, 0.4) is 0 Å². The average Bonchev–Trinajstić information content (AvgIpc) is 2.76. The van der Waals surface area contributed by atoms with Gasteiger partial charge in [0.05, 0.1) is 5.69 Å². The molecule has 2 aromatic rings. The van der Waals surface area contributed by atoms with Crippen LogP contribution in [0.1, 0.15) is 0 Å². The number of nitrogens with zero attached hydrogens (tertiary/aromatic N) is 2. The van der Waals surface area contributed by atoms with Crippen LogP contribution in [0.4, 0.5) is 17.6 Å². The van der Waals surface area contributed by atoms with Gasteiger partial charge in [0.15, 0.2) is 0 Å². The third kappa shape index (κ3) is 1.78. The SMILES string of the molecule is CNc1nnc(Nc2ccsc2)[nH]1. The second kappa shape index (κ2) is 3.44. The molecule has 0 aliphatic carbocycles. The lowest BCUT2D eigenvalue weighted by atomic mass is 10.5. The van der Waals surface area contributed by atoms with Gasteiger partial charge < -0.3 is 10.6 Å². The van der Waals surface area contributed by atoms with Crippen LogP contribution in [0.2, 0.25) is 0 Å². The van der Waals surface area contributed by atoms with Gasteiger partial charge in [0.25, 0.3) is 0 Å². The van der Waals surface area contributed by atoms with Crippen molar-refractivity contribution in [3.05, 3.63) is 16.8 Å². The third-order valence-electron chi connectivity index (χ3n) is 1.51. The average molecular weight is 195 g/mol. The molecule has 0 aromatic carbocycles. The number of hydrogen-bond donors (Lipinski definition) is 3. The molecule has 0 bridgehead atoms. The number of nitrogens with one attached hydrogen (secondary N) is 3. The molecule has 5 nitrogen and oxygen atoms in total. The van der Waals surface area contributed by atoms with E-state index in [-0.39, 0.29) is 0 Å². The third-order valence-corrected chi connectivity index (χ3v) is 2.19. The van der Waals surface area contributed by atoms with E-state index >= 15 is 0 Å². The van der Waals surface area contributed by atoms with Crippen LogP contribution < -0.4 is 10.6 Å². The molecule has 13 heavy (non-hydrogen) atoms. The second-order valence-corrected chi connectivity index (χ2v) is 3.19. The predicted molar refractivity (Wildman–Crippen MR) is 53.5 cm³/mol. The lowest BCUT2D eigenvalue weighted by Gasteiger charge is -1.95. The Kier molecular flexibility index (Phi) is 2.13. The molecule has 2 rings (SSSR count). The number of H-pyrrole nitrogens is 1. The van der Waals surface area contributed by atoms with Crippen molar-refractivity contribution in [2.75, 3.05) is 17.7 Å². The van der Waals surface area contributed by atoms with Crippen LogP contribution in [0.15, 0.2) is 16.8 Å². The molecule has 0 amide bonds. The molecule has 2 aromatic heterocycles. The van der Waals surface area contributed by atoms with Gasteiger partial charge >= 0.3 is 0 Å². The van der Waals surface area contributed by atoms with Gasteiger partial charge in [0, 0.05) is 12.4 Å². The highest BCUT2D eigenvalue weighted by molar-refractivity contribution is 7.08. The van der Waals surface area contributed by atoms with Gasteiger partial charge in [-0.2, -0.15) is 11.3 Å². The highest BCUT2D eigenvalue weighted by atomic mass is 32.1. The maximum absolute atomic E-state index is 3.89. The van der Waals surface area contributed by atoms with Gasteiger partial charge in [0.1, 0.15) is 0 Å². The van der Waals surface area contributed by atoms with E-state index in [1.54, 1.807) is 18.4 Å².